The lowest BCUT2D eigenvalue weighted by atomic mass is 10.2. The van der Waals surface area contributed by atoms with Crippen LogP contribution in [-0.4, -0.2) is 34.3 Å². The highest BCUT2D eigenvalue weighted by molar-refractivity contribution is 7.99. The molecule has 0 heterocycles. The second kappa shape index (κ2) is 10.9. The summed E-state index contributed by atoms with van der Waals surface area (Å²) in [6, 6.07) is 15.6. The van der Waals surface area contributed by atoms with E-state index in [-0.39, 0.29) is 0 Å². The Kier molecular flexibility index (Phi) is 8.84. The van der Waals surface area contributed by atoms with Crippen LogP contribution in [0.15, 0.2) is 70.5 Å². The van der Waals surface area contributed by atoms with Gasteiger partial charge in [-0.2, -0.15) is 0 Å². The van der Waals surface area contributed by atoms with Gasteiger partial charge in [0.25, 0.3) is 0 Å². The molecule has 0 atom stereocenters. The minimum Gasteiger partial charge on any atom is -0.507 e. The molecule has 2 aromatic rings. The summed E-state index contributed by atoms with van der Waals surface area (Å²) in [7, 11) is 1.93. The first kappa shape index (κ1) is 20.3. The van der Waals surface area contributed by atoms with E-state index in [9.17, 15) is 14.7 Å². The first-order valence-electron chi connectivity index (χ1n) is 7.26. The van der Waals surface area contributed by atoms with Crippen LogP contribution in [0.3, 0.4) is 0 Å². The van der Waals surface area contributed by atoms with Crippen LogP contribution >= 0.6 is 11.8 Å². The van der Waals surface area contributed by atoms with Gasteiger partial charge in [0.2, 0.25) is 0 Å². The molecule has 0 unspecified atom stereocenters. The Hall–Kier alpha value is -2.77. The molecule has 6 nitrogen and oxygen atoms in total. The number of carbonyl (C=O) groups is 2. The fourth-order valence-corrected chi connectivity index (χ4v) is 2.72. The van der Waals surface area contributed by atoms with Gasteiger partial charge in [0, 0.05) is 23.6 Å². The molecule has 0 fully saturated rings. The SMILES string of the molecule is CNCc1ccccc1Sc1ccccc1O.O=C(O)C=CC(=O)O. The molecule has 0 aliphatic rings. The normalized spacial score (nSPS) is 10.1. The van der Waals surface area contributed by atoms with E-state index in [1.807, 2.05) is 37.4 Å². The summed E-state index contributed by atoms with van der Waals surface area (Å²) in [6.45, 7) is 0.830. The quantitative estimate of drug-likeness (QED) is 0.586. The zero-order chi connectivity index (χ0) is 18.7. The Morgan fingerprint density at radius 3 is 2.00 bits per heavy atom. The van der Waals surface area contributed by atoms with Crippen molar-refractivity contribution in [2.75, 3.05) is 7.05 Å². The van der Waals surface area contributed by atoms with Crippen molar-refractivity contribution in [3.05, 3.63) is 66.2 Å². The average molecular weight is 361 g/mol. The van der Waals surface area contributed by atoms with E-state index in [0.717, 1.165) is 11.4 Å². The largest absolute Gasteiger partial charge is 0.507 e. The van der Waals surface area contributed by atoms with Crippen molar-refractivity contribution < 1.29 is 24.9 Å². The molecule has 0 aliphatic carbocycles. The Balaban J connectivity index is 0.000000333. The average Bonchev–Trinajstić information content (AvgIpc) is 2.58. The third-order valence-electron chi connectivity index (χ3n) is 2.79. The summed E-state index contributed by atoms with van der Waals surface area (Å²) in [5.74, 6) is -2.18. The Morgan fingerprint density at radius 2 is 1.48 bits per heavy atom. The lowest BCUT2D eigenvalue weighted by Crippen LogP contribution is -2.05. The fourth-order valence-electron chi connectivity index (χ4n) is 1.74. The van der Waals surface area contributed by atoms with Gasteiger partial charge in [-0.25, -0.2) is 9.59 Å². The minimum absolute atomic E-state index is 0.330. The number of hydrogen-bond donors (Lipinski definition) is 4. The first-order chi connectivity index (χ1) is 11.9. The summed E-state index contributed by atoms with van der Waals surface area (Å²) >= 11 is 1.59. The summed E-state index contributed by atoms with van der Waals surface area (Å²) in [4.78, 5) is 21.2. The molecular weight excluding hydrogens is 342 g/mol. The summed E-state index contributed by atoms with van der Waals surface area (Å²) in [6.07, 6.45) is 1.12. The van der Waals surface area contributed by atoms with Gasteiger partial charge in [0.15, 0.2) is 0 Å². The van der Waals surface area contributed by atoms with Crippen molar-refractivity contribution in [3.8, 4) is 5.75 Å². The lowest BCUT2D eigenvalue weighted by Gasteiger charge is -2.09. The number of phenolic OH excluding ortho intramolecular Hbond substituents is 1. The molecular formula is C18H19NO5S. The van der Waals surface area contributed by atoms with E-state index in [4.69, 9.17) is 10.2 Å². The number of hydrogen-bond acceptors (Lipinski definition) is 5. The molecule has 0 aromatic heterocycles. The maximum Gasteiger partial charge on any atom is 0.328 e. The number of benzene rings is 2. The van der Waals surface area contributed by atoms with E-state index in [0.29, 0.717) is 17.9 Å². The lowest BCUT2D eigenvalue weighted by molar-refractivity contribution is -0.134. The van der Waals surface area contributed by atoms with Crippen molar-refractivity contribution in [1.29, 1.82) is 0 Å². The van der Waals surface area contributed by atoms with Crippen LogP contribution in [0.5, 0.6) is 5.75 Å². The monoisotopic (exact) mass is 361 g/mol. The van der Waals surface area contributed by atoms with E-state index < -0.39 is 11.9 Å². The molecule has 2 aromatic carbocycles. The van der Waals surface area contributed by atoms with E-state index in [2.05, 4.69) is 17.4 Å². The predicted molar refractivity (Wildman–Crippen MR) is 95.8 cm³/mol. The molecule has 4 N–H and O–H groups in total. The van der Waals surface area contributed by atoms with Crippen LogP contribution in [0, 0.1) is 0 Å². The maximum atomic E-state index is 9.76. The molecule has 2 rings (SSSR count). The number of aromatic hydroxyl groups is 1. The second-order valence-electron chi connectivity index (χ2n) is 4.72. The number of aliphatic carboxylic acids is 2. The number of nitrogens with one attached hydrogen (secondary N) is 1. The number of phenols is 1. The van der Waals surface area contributed by atoms with Crippen molar-refractivity contribution in [3.63, 3.8) is 0 Å². The van der Waals surface area contributed by atoms with E-state index >= 15 is 0 Å². The molecule has 0 saturated carbocycles. The first-order valence-corrected chi connectivity index (χ1v) is 8.08. The molecule has 25 heavy (non-hydrogen) atoms. The third-order valence-corrected chi connectivity index (χ3v) is 3.98. The van der Waals surface area contributed by atoms with Gasteiger partial charge in [-0.05, 0) is 30.8 Å². The van der Waals surface area contributed by atoms with Gasteiger partial charge in [-0.15, -0.1) is 0 Å². The smallest absolute Gasteiger partial charge is 0.328 e. The fraction of sp³-hybridized carbons (Fsp3) is 0.111. The molecule has 0 aliphatic heterocycles. The second-order valence-corrected chi connectivity index (χ2v) is 5.80. The maximum absolute atomic E-state index is 9.76. The van der Waals surface area contributed by atoms with Gasteiger partial charge in [-0.3, -0.25) is 0 Å². The van der Waals surface area contributed by atoms with Crippen LogP contribution in [0.1, 0.15) is 5.56 Å². The number of rotatable bonds is 6. The van der Waals surface area contributed by atoms with Crippen molar-refractivity contribution in [2.24, 2.45) is 0 Å². The van der Waals surface area contributed by atoms with Gasteiger partial charge >= 0.3 is 11.9 Å². The van der Waals surface area contributed by atoms with Gasteiger partial charge < -0.3 is 20.6 Å². The number of carboxylic acids is 2. The molecule has 0 spiro atoms. The van der Waals surface area contributed by atoms with Crippen LogP contribution in [0.25, 0.3) is 0 Å². The highest BCUT2D eigenvalue weighted by Crippen LogP contribution is 2.35. The van der Waals surface area contributed by atoms with Crippen LogP contribution < -0.4 is 5.32 Å². The van der Waals surface area contributed by atoms with Gasteiger partial charge in [-0.1, -0.05) is 42.1 Å². The van der Waals surface area contributed by atoms with E-state index in [1.165, 1.54) is 10.5 Å². The molecule has 7 heteroatoms. The Bertz CT molecular complexity index is 730. The van der Waals surface area contributed by atoms with Gasteiger partial charge in [0.05, 0.1) is 4.90 Å². The summed E-state index contributed by atoms with van der Waals surface area (Å²) < 4.78 is 0. The number of para-hydroxylation sites is 1. The van der Waals surface area contributed by atoms with Crippen LogP contribution in [0.2, 0.25) is 0 Å². The molecule has 0 saturated heterocycles. The highest BCUT2D eigenvalue weighted by Gasteiger charge is 2.06. The minimum atomic E-state index is -1.26. The third kappa shape index (κ3) is 8.05. The molecule has 0 bridgehead atoms. The standard InChI is InChI=1S/C14H15NOS.C4H4O4/c1-15-10-11-6-2-4-8-13(11)17-14-9-5-3-7-12(14)16;5-3(6)1-2-4(7)8/h2-9,15-16H,10H2,1H3;1-2H,(H,5,6)(H,7,8). The highest BCUT2D eigenvalue weighted by atomic mass is 32.2. The van der Waals surface area contributed by atoms with Crippen molar-refractivity contribution in [1.82, 2.24) is 5.32 Å². The number of carboxylic acid groups (broad SMARTS) is 2. The van der Waals surface area contributed by atoms with Crippen LogP contribution in [0.4, 0.5) is 0 Å². The van der Waals surface area contributed by atoms with Gasteiger partial charge in [0.1, 0.15) is 5.75 Å². The molecule has 0 amide bonds. The predicted octanol–water partition coefficient (Wildman–Crippen LogP) is 2.97. The zero-order valence-electron chi connectivity index (χ0n) is 13.5. The van der Waals surface area contributed by atoms with Crippen LogP contribution in [-0.2, 0) is 16.1 Å². The summed E-state index contributed by atoms with van der Waals surface area (Å²) in [5.41, 5.74) is 1.24. The van der Waals surface area contributed by atoms with E-state index in [1.54, 1.807) is 17.8 Å². The van der Waals surface area contributed by atoms with Crippen molar-refractivity contribution in [2.45, 2.75) is 16.3 Å². The molecule has 0 radical (unpaired) electrons. The Morgan fingerprint density at radius 1 is 0.960 bits per heavy atom. The molecule has 132 valence electrons. The zero-order valence-corrected chi connectivity index (χ0v) is 14.4. The Labute approximate surface area is 149 Å². The summed E-state index contributed by atoms with van der Waals surface area (Å²) in [5, 5.41) is 28.5. The topological polar surface area (TPSA) is 107 Å². The van der Waals surface area contributed by atoms with Crippen molar-refractivity contribution >= 4 is 23.7 Å².